The summed E-state index contributed by atoms with van der Waals surface area (Å²) in [6, 6.07) is -0.0283. The topological polar surface area (TPSA) is 69.6 Å². The Kier molecular flexibility index (Phi) is 3.86. The van der Waals surface area contributed by atoms with Gasteiger partial charge in [-0.15, -0.1) is 5.10 Å². The molecule has 0 aliphatic rings. The van der Waals surface area contributed by atoms with Crippen LogP contribution < -0.4 is 5.73 Å². The summed E-state index contributed by atoms with van der Waals surface area (Å²) in [7, 11) is 0. The highest BCUT2D eigenvalue weighted by Gasteiger charge is 2.15. The molecule has 2 aromatic heterocycles. The second-order valence-corrected chi connectivity index (χ2v) is 4.74. The average molecular weight is 251 g/mol. The lowest BCUT2D eigenvalue weighted by Gasteiger charge is -2.08. The molecule has 6 heteroatoms. The summed E-state index contributed by atoms with van der Waals surface area (Å²) in [4.78, 5) is 1.09. The Balaban J connectivity index is 2.08. The Morgan fingerprint density at radius 1 is 1.47 bits per heavy atom. The summed E-state index contributed by atoms with van der Waals surface area (Å²) in [5, 5.41) is 8.33. The molecular formula is C11H17N5S. The summed E-state index contributed by atoms with van der Waals surface area (Å²) < 4.78 is 5.88. The Bertz CT molecular complexity index is 476. The fourth-order valence-electron chi connectivity index (χ4n) is 1.77. The lowest BCUT2D eigenvalue weighted by molar-refractivity contribution is 0.657. The normalized spacial score (nSPS) is 12.9. The molecule has 92 valence electrons. The minimum Gasteiger partial charge on any atom is -0.323 e. The molecule has 2 N–H and O–H groups in total. The van der Waals surface area contributed by atoms with E-state index in [2.05, 4.69) is 28.5 Å². The third kappa shape index (κ3) is 2.70. The fraction of sp³-hybridized carbons (Fsp3) is 0.545. The summed E-state index contributed by atoms with van der Waals surface area (Å²) in [5.41, 5.74) is 8.37. The second kappa shape index (κ2) is 5.37. The van der Waals surface area contributed by atoms with E-state index >= 15 is 0 Å². The van der Waals surface area contributed by atoms with Crippen molar-refractivity contribution < 1.29 is 0 Å². The van der Waals surface area contributed by atoms with Gasteiger partial charge in [-0.1, -0.05) is 11.4 Å². The van der Waals surface area contributed by atoms with Gasteiger partial charge in [0.15, 0.2) is 0 Å². The van der Waals surface area contributed by atoms with Crippen LogP contribution in [0.5, 0.6) is 0 Å². The first-order valence-electron chi connectivity index (χ1n) is 5.82. The number of aromatic nitrogens is 4. The largest absolute Gasteiger partial charge is 0.323 e. The van der Waals surface area contributed by atoms with Crippen molar-refractivity contribution in [3.8, 4) is 0 Å². The van der Waals surface area contributed by atoms with Crippen LogP contribution in [-0.4, -0.2) is 19.4 Å². The molecule has 2 rings (SSSR count). The molecule has 2 heterocycles. The van der Waals surface area contributed by atoms with Crippen molar-refractivity contribution in [2.45, 2.75) is 39.3 Å². The van der Waals surface area contributed by atoms with Crippen LogP contribution >= 0.6 is 11.5 Å². The van der Waals surface area contributed by atoms with Gasteiger partial charge in [0, 0.05) is 18.8 Å². The van der Waals surface area contributed by atoms with E-state index in [-0.39, 0.29) is 6.04 Å². The number of hydrogen-bond donors (Lipinski definition) is 1. The zero-order chi connectivity index (χ0) is 12.3. The van der Waals surface area contributed by atoms with Crippen LogP contribution in [0.4, 0.5) is 0 Å². The standard InChI is InChI=1S/C11H17N5S/c1-3-10-11(17-15-14-10)9(12)5-8-6-13-16(4-2)7-8/h6-7,9H,3-5,12H2,1-2H3. The molecular weight excluding hydrogens is 234 g/mol. The lowest BCUT2D eigenvalue weighted by Crippen LogP contribution is -2.13. The van der Waals surface area contributed by atoms with Crippen molar-refractivity contribution in [1.29, 1.82) is 0 Å². The maximum atomic E-state index is 6.19. The molecule has 0 radical (unpaired) electrons. The van der Waals surface area contributed by atoms with Gasteiger partial charge in [-0.2, -0.15) is 5.10 Å². The van der Waals surface area contributed by atoms with Gasteiger partial charge in [-0.25, -0.2) is 0 Å². The molecule has 0 aromatic carbocycles. The molecule has 17 heavy (non-hydrogen) atoms. The van der Waals surface area contributed by atoms with Crippen molar-refractivity contribution in [3.05, 3.63) is 28.5 Å². The van der Waals surface area contributed by atoms with Gasteiger partial charge in [0.25, 0.3) is 0 Å². The first-order valence-corrected chi connectivity index (χ1v) is 6.60. The molecule has 0 spiro atoms. The van der Waals surface area contributed by atoms with E-state index in [1.165, 1.54) is 11.5 Å². The highest BCUT2D eigenvalue weighted by Crippen LogP contribution is 2.22. The monoisotopic (exact) mass is 251 g/mol. The van der Waals surface area contributed by atoms with Crippen LogP contribution in [0, 0.1) is 0 Å². The predicted molar refractivity (Wildman–Crippen MR) is 67.8 cm³/mol. The quantitative estimate of drug-likeness (QED) is 0.875. The van der Waals surface area contributed by atoms with Crippen LogP contribution in [0.15, 0.2) is 12.4 Å². The van der Waals surface area contributed by atoms with Crippen LogP contribution in [0.25, 0.3) is 0 Å². The molecule has 1 atom stereocenters. The van der Waals surface area contributed by atoms with Crippen LogP contribution in [-0.2, 0) is 19.4 Å². The third-order valence-electron chi connectivity index (χ3n) is 2.72. The number of nitrogens with two attached hydrogens (primary N) is 1. The van der Waals surface area contributed by atoms with Gasteiger partial charge < -0.3 is 5.73 Å². The molecule has 0 saturated heterocycles. The SMILES string of the molecule is CCc1nnsc1C(N)Cc1cnn(CC)c1. The Hall–Kier alpha value is -1.27. The molecule has 0 bridgehead atoms. The Labute approximate surface area is 105 Å². The molecule has 1 unspecified atom stereocenters. The summed E-state index contributed by atoms with van der Waals surface area (Å²) in [6.45, 7) is 5.03. The van der Waals surface area contributed by atoms with Crippen molar-refractivity contribution in [3.63, 3.8) is 0 Å². The Morgan fingerprint density at radius 2 is 2.29 bits per heavy atom. The predicted octanol–water partition coefficient (Wildman–Crippen LogP) is 1.56. The zero-order valence-corrected chi connectivity index (χ0v) is 10.9. The van der Waals surface area contributed by atoms with Gasteiger partial charge in [0.1, 0.15) is 0 Å². The summed E-state index contributed by atoms with van der Waals surface area (Å²) >= 11 is 1.40. The van der Waals surface area contributed by atoms with Crippen molar-refractivity contribution in [2.75, 3.05) is 0 Å². The molecule has 0 saturated carbocycles. The number of hydrogen-bond acceptors (Lipinski definition) is 5. The maximum absolute atomic E-state index is 6.19. The van der Waals surface area contributed by atoms with Gasteiger partial charge in [-0.05, 0) is 36.9 Å². The highest BCUT2D eigenvalue weighted by molar-refractivity contribution is 7.05. The van der Waals surface area contributed by atoms with Gasteiger partial charge >= 0.3 is 0 Å². The molecule has 5 nitrogen and oxygen atoms in total. The molecule has 0 aliphatic heterocycles. The Morgan fingerprint density at radius 3 is 2.94 bits per heavy atom. The van der Waals surface area contributed by atoms with Gasteiger partial charge in [0.05, 0.1) is 16.8 Å². The molecule has 2 aromatic rings. The minimum atomic E-state index is -0.0283. The van der Waals surface area contributed by atoms with Crippen LogP contribution in [0.2, 0.25) is 0 Å². The lowest BCUT2D eigenvalue weighted by atomic mass is 10.1. The molecule has 0 aliphatic carbocycles. The van der Waals surface area contributed by atoms with Crippen molar-refractivity contribution in [1.82, 2.24) is 19.4 Å². The van der Waals surface area contributed by atoms with Crippen LogP contribution in [0.1, 0.15) is 36.0 Å². The number of nitrogens with zero attached hydrogens (tertiary/aromatic N) is 4. The molecule has 0 fully saturated rings. The fourth-order valence-corrected chi connectivity index (χ4v) is 2.51. The van der Waals surface area contributed by atoms with E-state index in [1.54, 1.807) is 0 Å². The third-order valence-corrected chi connectivity index (χ3v) is 3.62. The van der Waals surface area contributed by atoms with Gasteiger partial charge in [0.2, 0.25) is 0 Å². The summed E-state index contributed by atoms with van der Waals surface area (Å²) in [5.74, 6) is 0. The van der Waals surface area contributed by atoms with E-state index in [4.69, 9.17) is 5.73 Å². The van der Waals surface area contributed by atoms with Crippen molar-refractivity contribution >= 4 is 11.5 Å². The number of aryl methyl sites for hydroxylation is 2. The van der Waals surface area contributed by atoms with Gasteiger partial charge in [-0.3, -0.25) is 4.68 Å². The smallest absolute Gasteiger partial charge is 0.0801 e. The van der Waals surface area contributed by atoms with E-state index in [0.717, 1.165) is 35.5 Å². The summed E-state index contributed by atoms with van der Waals surface area (Å²) in [6.07, 6.45) is 5.59. The highest BCUT2D eigenvalue weighted by atomic mass is 32.1. The minimum absolute atomic E-state index is 0.0283. The van der Waals surface area contributed by atoms with Crippen molar-refractivity contribution in [2.24, 2.45) is 5.73 Å². The van der Waals surface area contributed by atoms with E-state index in [9.17, 15) is 0 Å². The second-order valence-electron chi connectivity index (χ2n) is 3.95. The van der Waals surface area contributed by atoms with E-state index < -0.39 is 0 Å². The number of rotatable bonds is 5. The van der Waals surface area contributed by atoms with Crippen LogP contribution in [0.3, 0.4) is 0 Å². The molecule has 0 amide bonds. The van der Waals surface area contributed by atoms with E-state index in [0.29, 0.717) is 0 Å². The average Bonchev–Trinajstić information content (AvgIpc) is 2.96. The van der Waals surface area contributed by atoms with E-state index in [1.807, 2.05) is 17.1 Å². The maximum Gasteiger partial charge on any atom is 0.0801 e. The first-order chi connectivity index (χ1) is 8.24. The zero-order valence-electron chi connectivity index (χ0n) is 10.1. The first kappa shape index (κ1) is 12.2.